The summed E-state index contributed by atoms with van der Waals surface area (Å²) in [6.07, 6.45) is 3.68. The molecule has 0 aliphatic carbocycles. The van der Waals surface area contributed by atoms with E-state index in [0.29, 0.717) is 6.61 Å². The summed E-state index contributed by atoms with van der Waals surface area (Å²) in [7, 11) is 1.67. The maximum Gasteiger partial charge on any atom is 0.210 e. The van der Waals surface area contributed by atoms with Gasteiger partial charge in [-0.1, -0.05) is 18.2 Å². The summed E-state index contributed by atoms with van der Waals surface area (Å²) >= 11 is 1.84. The molecule has 1 aliphatic heterocycles. The Morgan fingerprint density at radius 1 is 1.21 bits per heavy atom. The molecular formula is C23H25NO3S. The van der Waals surface area contributed by atoms with Gasteiger partial charge >= 0.3 is 0 Å². The van der Waals surface area contributed by atoms with E-state index in [-0.39, 0.29) is 6.04 Å². The van der Waals surface area contributed by atoms with Crippen molar-refractivity contribution in [2.75, 3.05) is 20.3 Å². The number of ether oxygens (including phenoxy) is 2. The number of benzene rings is 2. The number of rotatable bonds is 7. The van der Waals surface area contributed by atoms with Gasteiger partial charge in [0.1, 0.15) is 0 Å². The summed E-state index contributed by atoms with van der Waals surface area (Å²) in [5.41, 5.74) is 2.43. The quantitative estimate of drug-likeness (QED) is 0.529. The molecule has 1 atom stereocenters. The Hall–Kier alpha value is -2.53. The van der Waals surface area contributed by atoms with Crippen molar-refractivity contribution in [3.8, 4) is 11.5 Å². The van der Waals surface area contributed by atoms with Crippen molar-refractivity contribution in [2.45, 2.75) is 32.2 Å². The van der Waals surface area contributed by atoms with Crippen LogP contribution in [0.4, 0.5) is 0 Å². The molecule has 28 heavy (non-hydrogen) atoms. The van der Waals surface area contributed by atoms with E-state index in [1.807, 2.05) is 23.2 Å². The molecule has 0 saturated heterocycles. The number of aryl methyl sites for hydroxylation is 1. The summed E-state index contributed by atoms with van der Waals surface area (Å²) < 4.78 is 12.6. The van der Waals surface area contributed by atoms with Gasteiger partial charge < -0.3 is 14.4 Å². The molecule has 4 nitrogen and oxygen atoms in total. The molecule has 2 heterocycles. The average Bonchev–Trinajstić information content (AvgIpc) is 3.14. The zero-order valence-electron chi connectivity index (χ0n) is 16.3. The van der Waals surface area contributed by atoms with Gasteiger partial charge in [-0.05, 0) is 67.0 Å². The maximum atomic E-state index is 11.7. The largest absolute Gasteiger partial charge is 0.493 e. The predicted octanol–water partition coefficient (Wildman–Crippen LogP) is 5.00. The lowest BCUT2D eigenvalue weighted by Crippen LogP contribution is -2.34. The van der Waals surface area contributed by atoms with Crippen molar-refractivity contribution >= 4 is 27.8 Å². The van der Waals surface area contributed by atoms with E-state index >= 15 is 0 Å². The van der Waals surface area contributed by atoms with Gasteiger partial charge in [-0.2, -0.15) is 0 Å². The Morgan fingerprint density at radius 2 is 2.07 bits per heavy atom. The third-order valence-corrected chi connectivity index (χ3v) is 6.58. The molecule has 3 aromatic rings. The fourth-order valence-electron chi connectivity index (χ4n) is 4.04. The van der Waals surface area contributed by atoms with E-state index in [0.717, 1.165) is 43.7 Å². The third-order valence-electron chi connectivity index (χ3n) is 5.40. The second-order valence-electron chi connectivity index (χ2n) is 7.03. The van der Waals surface area contributed by atoms with Crippen molar-refractivity contribution in [2.24, 2.45) is 0 Å². The van der Waals surface area contributed by atoms with Crippen LogP contribution in [-0.4, -0.2) is 31.6 Å². The van der Waals surface area contributed by atoms with Crippen LogP contribution < -0.4 is 9.47 Å². The van der Waals surface area contributed by atoms with Crippen molar-refractivity contribution in [3.63, 3.8) is 0 Å². The summed E-state index contributed by atoms with van der Waals surface area (Å²) in [6, 6.07) is 15.0. The number of fused-ring (bicyclic) bond motifs is 2. The highest BCUT2D eigenvalue weighted by atomic mass is 32.1. The minimum Gasteiger partial charge on any atom is -0.493 e. The van der Waals surface area contributed by atoms with Crippen LogP contribution in [0.1, 0.15) is 35.4 Å². The standard InChI is InChI=1S/C23H25NO3S/c1-3-27-22-14-19-16(13-21(22)26-2)10-11-24(15-25)20(19)9-8-18-12-17-6-4-5-7-23(17)28-18/h4-7,12-15,20H,3,8-11H2,1-2H3/t20-/m0/s1. The van der Waals surface area contributed by atoms with Gasteiger partial charge in [0.2, 0.25) is 6.41 Å². The Morgan fingerprint density at radius 3 is 2.82 bits per heavy atom. The molecule has 0 spiro atoms. The molecule has 0 fully saturated rings. The molecule has 0 saturated carbocycles. The van der Waals surface area contributed by atoms with E-state index in [2.05, 4.69) is 42.5 Å². The maximum absolute atomic E-state index is 11.7. The van der Waals surface area contributed by atoms with Crippen LogP contribution in [0.5, 0.6) is 11.5 Å². The molecule has 4 rings (SSSR count). The van der Waals surface area contributed by atoms with Crippen molar-refractivity contribution in [1.29, 1.82) is 0 Å². The molecule has 5 heteroatoms. The minimum atomic E-state index is 0.0663. The summed E-state index contributed by atoms with van der Waals surface area (Å²) in [5.74, 6) is 1.52. The first-order valence-electron chi connectivity index (χ1n) is 9.75. The number of amides is 1. The van der Waals surface area contributed by atoms with E-state index in [9.17, 15) is 4.79 Å². The van der Waals surface area contributed by atoms with E-state index in [4.69, 9.17) is 9.47 Å². The van der Waals surface area contributed by atoms with Gasteiger partial charge in [-0.3, -0.25) is 4.79 Å². The number of hydrogen-bond donors (Lipinski definition) is 0. The van der Waals surface area contributed by atoms with Crippen LogP contribution >= 0.6 is 11.3 Å². The number of carbonyl (C=O) groups is 1. The van der Waals surface area contributed by atoms with Crippen molar-refractivity contribution < 1.29 is 14.3 Å². The molecule has 0 radical (unpaired) electrons. The number of carbonyl (C=O) groups excluding carboxylic acids is 1. The normalized spacial score (nSPS) is 16.1. The summed E-state index contributed by atoms with van der Waals surface area (Å²) in [5, 5.41) is 1.29. The average molecular weight is 396 g/mol. The van der Waals surface area contributed by atoms with Crippen LogP contribution in [0, 0.1) is 0 Å². The fourth-order valence-corrected chi connectivity index (χ4v) is 5.12. The predicted molar refractivity (Wildman–Crippen MR) is 114 cm³/mol. The minimum absolute atomic E-state index is 0.0663. The molecule has 0 unspecified atom stereocenters. The Bertz CT molecular complexity index is 948. The molecule has 1 amide bonds. The monoisotopic (exact) mass is 395 g/mol. The number of methoxy groups -OCH3 is 1. The highest BCUT2D eigenvalue weighted by molar-refractivity contribution is 7.19. The second-order valence-corrected chi connectivity index (χ2v) is 8.20. The Kier molecular flexibility index (Phi) is 5.53. The molecule has 0 N–H and O–H groups in total. The van der Waals surface area contributed by atoms with Crippen LogP contribution in [0.2, 0.25) is 0 Å². The molecule has 2 aromatic carbocycles. The highest BCUT2D eigenvalue weighted by Crippen LogP contribution is 2.40. The van der Waals surface area contributed by atoms with Gasteiger partial charge in [0.25, 0.3) is 0 Å². The number of thiophene rings is 1. The first-order valence-corrected chi connectivity index (χ1v) is 10.6. The zero-order valence-corrected chi connectivity index (χ0v) is 17.1. The Labute approximate surface area is 169 Å². The lowest BCUT2D eigenvalue weighted by Gasteiger charge is -2.35. The van der Waals surface area contributed by atoms with Gasteiger partial charge in [0.05, 0.1) is 19.8 Å². The topological polar surface area (TPSA) is 38.8 Å². The van der Waals surface area contributed by atoms with Crippen LogP contribution in [0.25, 0.3) is 10.1 Å². The first-order chi connectivity index (χ1) is 13.7. The van der Waals surface area contributed by atoms with Crippen LogP contribution in [-0.2, 0) is 17.6 Å². The van der Waals surface area contributed by atoms with E-state index in [1.54, 1.807) is 7.11 Å². The van der Waals surface area contributed by atoms with Crippen molar-refractivity contribution in [3.05, 3.63) is 58.5 Å². The van der Waals surface area contributed by atoms with Gasteiger partial charge in [-0.15, -0.1) is 11.3 Å². The van der Waals surface area contributed by atoms with Crippen molar-refractivity contribution in [1.82, 2.24) is 4.90 Å². The lowest BCUT2D eigenvalue weighted by molar-refractivity contribution is -0.120. The van der Waals surface area contributed by atoms with E-state index < -0.39 is 0 Å². The van der Waals surface area contributed by atoms with Crippen LogP contribution in [0.15, 0.2) is 42.5 Å². The molecular weight excluding hydrogens is 370 g/mol. The van der Waals surface area contributed by atoms with Gasteiger partial charge in [0.15, 0.2) is 11.5 Å². The SMILES string of the molecule is CCOc1cc2c(cc1OC)CCN(C=O)[C@H]2CCc1cc2ccccc2s1. The molecule has 1 aromatic heterocycles. The Balaban J connectivity index is 1.63. The highest BCUT2D eigenvalue weighted by Gasteiger charge is 2.28. The van der Waals surface area contributed by atoms with E-state index in [1.165, 1.54) is 26.1 Å². The summed E-state index contributed by atoms with van der Waals surface area (Å²) in [4.78, 5) is 15.0. The molecule has 0 bridgehead atoms. The van der Waals surface area contributed by atoms with Crippen LogP contribution in [0.3, 0.4) is 0 Å². The smallest absolute Gasteiger partial charge is 0.210 e. The molecule has 1 aliphatic rings. The second kappa shape index (κ2) is 8.23. The fraction of sp³-hybridized carbons (Fsp3) is 0.348. The number of hydrogen-bond acceptors (Lipinski definition) is 4. The lowest BCUT2D eigenvalue weighted by atomic mass is 9.89. The van der Waals surface area contributed by atoms with Gasteiger partial charge in [-0.25, -0.2) is 0 Å². The first kappa shape index (κ1) is 18.8. The third kappa shape index (κ3) is 3.59. The molecule has 146 valence electrons. The summed E-state index contributed by atoms with van der Waals surface area (Å²) in [6.45, 7) is 3.29. The number of nitrogens with zero attached hydrogens (tertiary/aromatic N) is 1. The van der Waals surface area contributed by atoms with Gasteiger partial charge in [0, 0.05) is 16.1 Å². The zero-order chi connectivity index (χ0) is 19.5.